The molecule has 1 atom stereocenters. The highest BCUT2D eigenvalue weighted by Crippen LogP contribution is 2.16. The summed E-state index contributed by atoms with van der Waals surface area (Å²) in [5.74, 6) is -0.869. The molecule has 0 amide bonds. The largest absolute Gasteiger partial charge is 0.462 e. The first-order valence-corrected chi connectivity index (χ1v) is 24.0. The van der Waals surface area contributed by atoms with E-state index in [9.17, 15) is 14.4 Å². The van der Waals surface area contributed by atoms with E-state index in [4.69, 9.17) is 14.2 Å². The minimum absolute atomic E-state index is 0.0642. The quantitative estimate of drug-likeness (QED) is 0.0349. The second-order valence-electron chi connectivity index (χ2n) is 16.4. The number of esters is 3. The number of unbranched alkanes of at least 4 members (excludes halogenated alkanes) is 33. The Morgan fingerprint density at radius 2 is 0.500 bits per heavy atom. The topological polar surface area (TPSA) is 78.9 Å². The Morgan fingerprint density at radius 3 is 0.741 bits per heavy atom. The van der Waals surface area contributed by atoms with E-state index in [0.29, 0.717) is 19.3 Å². The minimum Gasteiger partial charge on any atom is -0.462 e. The van der Waals surface area contributed by atoms with Crippen LogP contribution < -0.4 is 0 Å². The molecule has 0 aliphatic heterocycles. The average molecular weight is 765 g/mol. The van der Waals surface area contributed by atoms with Crippen molar-refractivity contribution in [3.63, 3.8) is 0 Å². The fourth-order valence-electron chi connectivity index (χ4n) is 7.21. The normalized spacial score (nSPS) is 11.8. The first kappa shape index (κ1) is 52.4. The van der Waals surface area contributed by atoms with Gasteiger partial charge in [-0.25, -0.2) is 0 Å². The zero-order valence-corrected chi connectivity index (χ0v) is 36.5. The van der Waals surface area contributed by atoms with E-state index in [2.05, 4.69) is 20.8 Å². The predicted octanol–water partition coefficient (Wildman–Crippen LogP) is 15.3. The van der Waals surface area contributed by atoms with Crippen molar-refractivity contribution in [1.29, 1.82) is 0 Å². The molecule has 0 N–H and O–H groups in total. The minimum atomic E-state index is -0.756. The summed E-state index contributed by atoms with van der Waals surface area (Å²) < 4.78 is 16.6. The Bertz CT molecular complexity index is 798. The molecule has 0 saturated carbocycles. The Labute approximate surface area is 336 Å². The Morgan fingerprint density at radius 1 is 0.296 bits per heavy atom. The third kappa shape index (κ3) is 41.6. The standard InChI is InChI=1S/C48H92O6/c1-4-7-10-13-16-17-18-19-20-21-22-23-24-25-26-27-28-29-30-31-33-35-38-41-47(50)53-44-45(43-52-46(49)40-37-34-15-12-9-6-3)54-48(51)42-39-36-32-14-11-8-5-2/h45H,4-44H2,1-3H3. The number of ether oxygens (including phenoxy) is 3. The molecular formula is C48H92O6. The van der Waals surface area contributed by atoms with E-state index in [1.165, 1.54) is 173 Å². The van der Waals surface area contributed by atoms with Crippen LogP contribution in [0.2, 0.25) is 0 Å². The molecule has 0 bridgehead atoms. The molecular weight excluding hydrogens is 673 g/mol. The lowest BCUT2D eigenvalue weighted by Crippen LogP contribution is -2.30. The van der Waals surface area contributed by atoms with Crippen LogP contribution in [0.3, 0.4) is 0 Å². The fraction of sp³-hybridized carbons (Fsp3) is 0.938. The summed E-state index contributed by atoms with van der Waals surface area (Å²) in [4.78, 5) is 37.4. The van der Waals surface area contributed by atoms with Gasteiger partial charge in [-0.05, 0) is 19.3 Å². The van der Waals surface area contributed by atoms with Gasteiger partial charge in [0.05, 0.1) is 0 Å². The molecule has 0 fully saturated rings. The molecule has 0 aromatic heterocycles. The number of hydrogen-bond donors (Lipinski definition) is 0. The van der Waals surface area contributed by atoms with Gasteiger partial charge in [0.2, 0.25) is 0 Å². The zero-order chi connectivity index (χ0) is 39.4. The molecule has 0 radical (unpaired) electrons. The van der Waals surface area contributed by atoms with Crippen molar-refractivity contribution in [3.8, 4) is 0 Å². The first-order chi connectivity index (χ1) is 26.5. The lowest BCUT2D eigenvalue weighted by atomic mass is 10.0. The molecule has 0 heterocycles. The zero-order valence-electron chi connectivity index (χ0n) is 36.5. The van der Waals surface area contributed by atoms with Gasteiger partial charge in [-0.15, -0.1) is 0 Å². The summed E-state index contributed by atoms with van der Waals surface area (Å²) in [6.07, 6.45) is 45.7. The summed E-state index contributed by atoms with van der Waals surface area (Å²) in [5.41, 5.74) is 0. The van der Waals surface area contributed by atoms with Gasteiger partial charge in [-0.1, -0.05) is 233 Å². The van der Waals surface area contributed by atoms with E-state index < -0.39 is 6.10 Å². The van der Waals surface area contributed by atoms with Gasteiger partial charge in [0.15, 0.2) is 6.10 Å². The molecule has 6 nitrogen and oxygen atoms in total. The number of hydrogen-bond acceptors (Lipinski definition) is 6. The van der Waals surface area contributed by atoms with Crippen molar-refractivity contribution in [2.75, 3.05) is 13.2 Å². The van der Waals surface area contributed by atoms with Crippen molar-refractivity contribution in [2.24, 2.45) is 0 Å². The van der Waals surface area contributed by atoms with Crippen LogP contribution in [0.5, 0.6) is 0 Å². The van der Waals surface area contributed by atoms with Gasteiger partial charge < -0.3 is 14.2 Å². The molecule has 0 spiro atoms. The number of carbonyl (C=O) groups is 3. The molecule has 0 aliphatic rings. The third-order valence-corrected chi connectivity index (χ3v) is 10.9. The predicted molar refractivity (Wildman–Crippen MR) is 229 cm³/mol. The van der Waals surface area contributed by atoms with Crippen molar-refractivity contribution >= 4 is 17.9 Å². The van der Waals surface area contributed by atoms with E-state index in [1.807, 2.05) is 0 Å². The van der Waals surface area contributed by atoms with Crippen LogP contribution >= 0.6 is 0 Å². The van der Waals surface area contributed by atoms with Crippen molar-refractivity contribution in [1.82, 2.24) is 0 Å². The summed E-state index contributed by atoms with van der Waals surface area (Å²) >= 11 is 0. The van der Waals surface area contributed by atoms with Crippen molar-refractivity contribution in [2.45, 2.75) is 277 Å². The molecule has 6 heteroatoms. The third-order valence-electron chi connectivity index (χ3n) is 10.9. The maximum Gasteiger partial charge on any atom is 0.306 e. The second kappa shape index (κ2) is 44.1. The van der Waals surface area contributed by atoms with Crippen molar-refractivity contribution in [3.05, 3.63) is 0 Å². The van der Waals surface area contributed by atoms with Gasteiger partial charge in [0.1, 0.15) is 13.2 Å². The molecule has 0 rings (SSSR count). The fourth-order valence-corrected chi connectivity index (χ4v) is 7.21. The van der Waals surface area contributed by atoms with Gasteiger partial charge in [-0.2, -0.15) is 0 Å². The first-order valence-electron chi connectivity index (χ1n) is 24.0. The van der Waals surface area contributed by atoms with Gasteiger partial charge in [0.25, 0.3) is 0 Å². The van der Waals surface area contributed by atoms with Crippen LogP contribution in [0.25, 0.3) is 0 Å². The number of carbonyl (C=O) groups excluding carboxylic acids is 3. The summed E-state index contributed by atoms with van der Waals surface area (Å²) in [5, 5.41) is 0. The summed E-state index contributed by atoms with van der Waals surface area (Å²) in [6, 6.07) is 0. The molecule has 0 saturated heterocycles. The maximum atomic E-state index is 12.6. The van der Waals surface area contributed by atoms with Crippen LogP contribution in [0, 0.1) is 0 Å². The number of rotatable bonds is 44. The lowest BCUT2D eigenvalue weighted by Gasteiger charge is -2.18. The highest BCUT2D eigenvalue weighted by atomic mass is 16.6. The van der Waals surface area contributed by atoms with Crippen LogP contribution in [0.1, 0.15) is 271 Å². The maximum absolute atomic E-state index is 12.6. The monoisotopic (exact) mass is 765 g/mol. The van der Waals surface area contributed by atoms with Crippen molar-refractivity contribution < 1.29 is 28.6 Å². The molecule has 320 valence electrons. The smallest absolute Gasteiger partial charge is 0.306 e. The van der Waals surface area contributed by atoms with Gasteiger partial charge in [-0.3, -0.25) is 14.4 Å². The molecule has 54 heavy (non-hydrogen) atoms. The highest BCUT2D eigenvalue weighted by molar-refractivity contribution is 5.71. The van der Waals surface area contributed by atoms with Crippen LogP contribution in [-0.2, 0) is 28.6 Å². The van der Waals surface area contributed by atoms with E-state index in [0.717, 1.165) is 57.8 Å². The van der Waals surface area contributed by atoms with Crippen LogP contribution in [0.4, 0.5) is 0 Å². The molecule has 0 aliphatic carbocycles. The average Bonchev–Trinajstić information content (AvgIpc) is 3.17. The second-order valence-corrected chi connectivity index (χ2v) is 16.4. The molecule has 1 unspecified atom stereocenters. The Kier molecular flexibility index (Phi) is 42.8. The summed E-state index contributed by atoms with van der Waals surface area (Å²) in [6.45, 7) is 6.56. The van der Waals surface area contributed by atoms with Crippen LogP contribution in [0.15, 0.2) is 0 Å². The molecule has 0 aromatic rings. The Balaban J connectivity index is 3.94. The summed E-state index contributed by atoms with van der Waals surface area (Å²) in [7, 11) is 0. The van der Waals surface area contributed by atoms with Crippen LogP contribution in [-0.4, -0.2) is 37.2 Å². The van der Waals surface area contributed by atoms with E-state index in [-0.39, 0.29) is 31.1 Å². The van der Waals surface area contributed by atoms with Gasteiger partial charge in [0, 0.05) is 19.3 Å². The highest BCUT2D eigenvalue weighted by Gasteiger charge is 2.19. The van der Waals surface area contributed by atoms with E-state index in [1.54, 1.807) is 0 Å². The SMILES string of the molecule is CCCCCCCCCCCCCCCCCCCCCCCCCC(=O)OCC(COC(=O)CCCCCCCC)OC(=O)CCCCCCCCC. The Hall–Kier alpha value is -1.59. The van der Waals surface area contributed by atoms with Gasteiger partial charge >= 0.3 is 17.9 Å². The molecule has 0 aromatic carbocycles. The lowest BCUT2D eigenvalue weighted by molar-refractivity contribution is -0.167. The van der Waals surface area contributed by atoms with E-state index >= 15 is 0 Å².